The maximum atomic E-state index is 5.78. The molecule has 0 spiro atoms. The molecule has 0 aliphatic carbocycles. The summed E-state index contributed by atoms with van der Waals surface area (Å²) in [6.07, 6.45) is 3.80. The molecule has 2 rings (SSSR count). The average Bonchev–Trinajstić information content (AvgIpc) is 2.89. The number of nitrogens with two attached hydrogens (primary N) is 1. The third kappa shape index (κ3) is 3.97. The Labute approximate surface area is 117 Å². The van der Waals surface area contributed by atoms with Gasteiger partial charge in [-0.15, -0.1) is 0 Å². The lowest BCUT2D eigenvalue weighted by atomic mass is 10.2. The van der Waals surface area contributed by atoms with Crippen molar-refractivity contribution in [1.82, 2.24) is 4.90 Å². The molecule has 1 heterocycles. The molecule has 0 unspecified atom stereocenters. The molecule has 18 heavy (non-hydrogen) atoms. The summed E-state index contributed by atoms with van der Waals surface area (Å²) < 4.78 is 6.77. The molecule has 1 fully saturated rings. The second kappa shape index (κ2) is 7.12. The summed E-state index contributed by atoms with van der Waals surface area (Å²) in [7, 11) is 0. The van der Waals surface area contributed by atoms with Crippen LogP contribution in [0.3, 0.4) is 0 Å². The number of ether oxygens (including phenoxy) is 1. The van der Waals surface area contributed by atoms with Gasteiger partial charge in [0.05, 0.1) is 11.1 Å². The van der Waals surface area contributed by atoms with Crippen LogP contribution in [0.2, 0.25) is 0 Å². The summed E-state index contributed by atoms with van der Waals surface area (Å²) >= 11 is 3.52. The number of halogens is 1. The van der Waals surface area contributed by atoms with Crippen molar-refractivity contribution in [2.45, 2.75) is 25.8 Å². The zero-order valence-corrected chi connectivity index (χ0v) is 12.3. The Morgan fingerprint density at radius 1 is 1.28 bits per heavy atom. The van der Waals surface area contributed by atoms with Gasteiger partial charge in [0, 0.05) is 13.1 Å². The lowest BCUT2D eigenvalue weighted by molar-refractivity contribution is 0.262. The van der Waals surface area contributed by atoms with Crippen molar-refractivity contribution in [3.8, 4) is 5.75 Å². The Balaban J connectivity index is 1.72. The Morgan fingerprint density at radius 3 is 2.72 bits per heavy atom. The van der Waals surface area contributed by atoms with E-state index in [0.717, 1.165) is 35.4 Å². The van der Waals surface area contributed by atoms with Crippen molar-refractivity contribution in [3.05, 3.63) is 28.2 Å². The number of nitrogens with zero attached hydrogens (tertiary/aromatic N) is 1. The van der Waals surface area contributed by atoms with E-state index in [1.165, 1.54) is 25.9 Å². The summed E-state index contributed by atoms with van der Waals surface area (Å²) in [5.41, 5.74) is 6.71. The third-order valence-corrected chi connectivity index (χ3v) is 3.93. The van der Waals surface area contributed by atoms with Gasteiger partial charge in [0.2, 0.25) is 0 Å². The zero-order chi connectivity index (χ0) is 12.8. The fourth-order valence-electron chi connectivity index (χ4n) is 2.26. The largest absolute Gasteiger partial charge is 0.492 e. The molecule has 3 nitrogen and oxygen atoms in total. The van der Waals surface area contributed by atoms with Gasteiger partial charge in [-0.3, -0.25) is 0 Å². The van der Waals surface area contributed by atoms with Crippen LogP contribution in [0.25, 0.3) is 0 Å². The Kier molecular flexibility index (Phi) is 5.47. The Hall–Kier alpha value is -0.580. The molecule has 0 saturated carbocycles. The average molecular weight is 313 g/mol. The molecule has 0 atom stereocenters. The van der Waals surface area contributed by atoms with Gasteiger partial charge in [0.15, 0.2) is 0 Å². The predicted octanol–water partition coefficient (Wildman–Crippen LogP) is 2.77. The van der Waals surface area contributed by atoms with Crippen LogP contribution < -0.4 is 10.5 Å². The molecule has 1 aromatic carbocycles. The van der Waals surface area contributed by atoms with Crippen molar-refractivity contribution in [1.29, 1.82) is 0 Å². The van der Waals surface area contributed by atoms with Crippen LogP contribution in [0.5, 0.6) is 5.75 Å². The fourth-order valence-corrected chi connectivity index (χ4v) is 2.81. The topological polar surface area (TPSA) is 38.5 Å². The van der Waals surface area contributed by atoms with Crippen LogP contribution >= 0.6 is 15.9 Å². The molecule has 0 amide bonds. The highest BCUT2D eigenvalue weighted by molar-refractivity contribution is 9.10. The van der Waals surface area contributed by atoms with Gasteiger partial charge in [-0.05, 0) is 66.0 Å². The summed E-state index contributed by atoms with van der Waals surface area (Å²) in [5.74, 6) is 0.911. The normalized spacial score (nSPS) is 16.1. The van der Waals surface area contributed by atoms with Gasteiger partial charge >= 0.3 is 0 Å². The van der Waals surface area contributed by atoms with Gasteiger partial charge in [-0.2, -0.15) is 0 Å². The molecule has 4 heteroatoms. The fraction of sp³-hybridized carbons (Fsp3) is 0.571. The van der Waals surface area contributed by atoms with Gasteiger partial charge in [0.25, 0.3) is 0 Å². The minimum Gasteiger partial charge on any atom is -0.492 e. The van der Waals surface area contributed by atoms with E-state index in [1.807, 2.05) is 18.2 Å². The smallest absolute Gasteiger partial charge is 0.133 e. The maximum Gasteiger partial charge on any atom is 0.133 e. The van der Waals surface area contributed by atoms with E-state index in [2.05, 4.69) is 20.8 Å². The lowest BCUT2D eigenvalue weighted by Crippen LogP contribution is -2.21. The maximum absolute atomic E-state index is 5.78. The Morgan fingerprint density at radius 2 is 2.06 bits per heavy atom. The number of hydrogen-bond donors (Lipinski definition) is 1. The van der Waals surface area contributed by atoms with Crippen LogP contribution in [0, 0.1) is 0 Å². The van der Waals surface area contributed by atoms with E-state index in [1.54, 1.807) is 0 Å². The number of benzene rings is 1. The number of rotatable bonds is 6. The monoisotopic (exact) mass is 312 g/mol. The molecule has 1 aliphatic heterocycles. The van der Waals surface area contributed by atoms with Crippen LogP contribution in [-0.2, 0) is 6.54 Å². The van der Waals surface area contributed by atoms with E-state index in [-0.39, 0.29) is 0 Å². The van der Waals surface area contributed by atoms with E-state index >= 15 is 0 Å². The van der Waals surface area contributed by atoms with Crippen molar-refractivity contribution >= 4 is 15.9 Å². The van der Waals surface area contributed by atoms with Gasteiger partial charge in [-0.25, -0.2) is 0 Å². The van der Waals surface area contributed by atoms with E-state index in [0.29, 0.717) is 6.54 Å². The molecular formula is C14H21BrN2O. The highest BCUT2D eigenvalue weighted by atomic mass is 79.9. The van der Waals surface area contributed by atoms with Crippen LogP contribution in [0.1, 0.15) is 24.8 Å². The molecule has 1 saturated heterocycles. The zero-order valence-electron chi connectivity index (χ0n) is 10.7. The second-order valence-electron chi connectivity index (χ2n) is 4.72. The standard InChI is InChI=1S/C14H21BrN2O/c15-13-10-12(11-16)4-5-14(13)18-9-3-8-17-6-1-2-7-17/h4-5,10H,1-3,6-9,11,16H2. The van der Waals surface area contributed by atoms with E-state index in [4.69, 9.17) is 10.5 Å². The third-order valence-electron chi connectivity index (χ3n) is 3.31. The SMILES string of the molecule is NCc1ccc(OCCCN2CCCC2)c(Br)c1. The first-order valence-corrected chi connectivity index (χ1v) is 7.42. The summed E-state index contributed by atoms with van der Waals surface area (Å²) in [6.45, 7) is 5.01. The van der Waals surface area contributed by atoms with E-state index < -0.39 is 0 Å². The first-order chi connectivity index (χ1) is 8.79. The molecule has 2 N–H and O–H groups in total. The molecule has 1 aromatic rings. The summed E-state index contributed by atoms with van der Waals surface area (Å²) in [5, 5.41) is 0. The van der Waals surface area contributed by atoms with Crippen LogP contribution in [-0.4, -0.2) is 31.1 Å². The highest BCUT2D eigenvalue weighted by Crippen LogP contribution is 2.26. The summed E-state index contributed by atoms with van der Waals surface area (Å²) in [6, 6.07) is 6.03. The first kappa shape index (κ1) is 13.8. The van der Waals surface area contributed by atoms with Crippen molar-refractivity contribution in [3.63, 3.8) is 0 Å². The molecular weight excluding hydrogens is 292 g/mol. The Bertz CT molecular complexity index is 378. The van der Waals surface area contributed by atoms with Gasteiger partial charge in [0.1, 0.15) is 5.75 Å². The molecule has 0 aromatic heterocycles. The predicted molar refractivity (Wildman–Crippen MR) is 77.8 cm³/mol. The summed E-state index contributed by atoms with van der Waals surface area (Å²) in [4.78, 5) is 2.51. The first-order valence-electron chi connectivity index (χ1n) is 6.63. The highest BCUT2D eigenvalue weighted by Gasteiger charge is 2.10. The molecule has 0 bridgehead atoms. The van der Waals surface area contributed by atoms with Crippen molar-refractivity contribution in [2.24, 2.45) is 5.73 Å². The van der Waals surface area contributed by atoms with Crippen molar-refractivity contribution < 1.29 is 4.74 Å². The van der Waals surface area contributed by atoms with Gasteiger partial charge < -0.3 is 15.4 Å². The lowest BCUT2D eigenvalue weighted by Gasteiger charge is -2.15. The molecule has 100 valence electrons. The second-order valence-corrected chi connectivity index (χ2v) is 5.57. The van der Waals surface area contributed by atoms with E-state index in [9.17, 15) is 0 Å². The number of hydrogen-bond acceptors (Lipinski definition) is 3. The molecule has 1 aliphatic rings. The quantitative estimate of drug-likeness (QED) is 0.821. The minimum atomic E-state index is 0.563. The molecule has 0 radical (unpaired) electrons. The van der Waals surface area contributed by atoms with Crippen LogP contribution in [0.15, 0.2) is 22.7 Å². The number of likely N-dealkylation sites (tertiary alicyclic amines) is 1. The minimum absolute atomic E-state index is 0.563. The van der Waals surface area contributed by atoms with Crippen LogP contribution in [0.4, 0.5) is 0 Å². The van der Waals surface area contributed by atoms with Gasteiger partial charge in [-0.1, -0.05) is 6.07 Å². The van der Waals surface area contributed by atoms with Crippen molar-refractivity contribution in [2.75, 3.05) is 26.2 Å².